The van der Waals surface area contributed by atoms with Crippen molar-refractivity contribution in [3.05, 3.63) is 60.2 Å². The number of hydrogen-bond acceptors (Lipinski definition) is 4. The largest absolute Gasteiger partial charge is 0.385 e. The van der Waals surface area contributed by atoms with Crippen LogP contribution in [-0.4, -0.2) is 41.6 Å². The molecule has 1 N–H and O–H groups in total. The third kappa shape index (κ3) is 4.80. The summed E-state index contributed by atoms with van der Waals surface area (Å²) in [6, 6.07) is 14.7. The van der Waals surface area contributed by atoms with Crippen LogP contribution in [0.5, 0.6) is 0 Å². The molecule has 0 spiro atoms. The molecule has 0 fully saturated rings. The molecule has 134 valence electrons. The minimum absolute atomic E-state index is 0.198. The number of hydrogen-bond donors (Lipinski definition) is 1. The maximum Gasteiger partial charge on any atom is 0.264 e. The molecule has 0 aliphatic heterocycles. The zero-order valence-corrected chi connectivity index (χ0v) is 15.1. The first kappa shape index (κ1) is 19.0. The van der Waals surface area contributed by atoms with Gasteiger partial charge >= 0.3 is 0 Å². The van der Waals surface area contributed by atoms with Crippen LogP contribution >= 0.6 is 0 Å². The lowest BCUT2D eigenvalue weighted by molar-refractivity contribution is 0.0948. The molecule has 0 heterocycles. The van der Waals surface area contributed by atoms with Gasteiger partial charge in [-0.1, -0.05) is 18.2 Å². The third-order valence-corrected chi connectivity index (χ3v) is 5.51. The normalized spacial score (nSPS) is 11.1. The van der Waals surface area contributed by atoms with E-state index in [2.05, 4.69) is 5.32 Å². The third-order valence-electron chi connectivity index (χ3n) is 3.71. The number of nitrogens with one attached hydrogen (secondary N) is 1. The highest BCUT2D eigenvalue weighted by atomic mass is 32.2. The van der Waals surface area contributed by atoms with Gasteiger partial charge in [0.25, 0.3) is 15.9 Å². The predicted molar refractivity (Wildman–Crippen MR) is 97.3 cm³/mol. The van der Waals surface area contributed by atoms with Crippen molar-refractivity contribution in [1.82, 2.24) is 5.32 Å². The molecule has 0 unspecified atom stereocenters. The van der Waals surface area contributed by atoms with E-state index in [1.54, 1.807) is 61.7 Å². The van der Waals surface area contributed by atoms with Crippen LogP contribution in [0.2, 0.25) is 0 Å². The highest BCUT2D eigenvalue weighted by Gasteiger charge is 2.21. The lowest BCUT2D eigenvalue weighted by Gasteiger charge is -2.19. The van der Waals surface area contributed by atoms with Crippen molar-refractivity contribution in [2.45, 2.75) is 11.3 Å². The molecule has 0 atom stereocenters. The van der Waals surface area contributed by atoms with Crippen LogP contribution in [-0.2, 0) is 14.8 Å². The van der Waals surface area contributed by atoms with Gasteiger partial charge in [-0.2, -0.15) is 0 Å². The lowest BCUT2D eigenvalue weighted by Crippen LogP contribution is -2.27. The molecule has 2 aromatic carbocycles. The summed E-state index contributed by atoms with van der Waals surface area (Å²) in [5, 5.41) is 2.79. The van der Waals surface area contributed by atoms with Gasteiger partial charge in [0.1, 0.15) is 0 Å². The van der Waals surface area contributed by atoms with E-state index < -0.39 is 10.0 Å². The van der Waals surface area contributed by atoms with Crippen LogP contribution in [0.3, 0.4) is 0 Å². The van der Waals surface area contributed by atoms with Crippen molar-refractivity contribution in [1.29, 1.82) is 0 Å². The Bertz CT molecular complexity index is 790. The molecular weight excluding hydrogens is 340 g/mol. The summed E-state index contributed by atoms with van der Waals surface area (Å²) in [5.41, 5.74) is 0.964. The van der Waals surface area contributed by atoms with Crippen molar-refractivity contribution in [2.75, 3.05) is 31.6 Å². The van der Waals surface area contributed by atoms with Crippen molar-refractivity contribution in [3.63, 3.8) is 0 Å². The molecule has 6 nitrogen and oxygen atoms in total. The van der Waals surface area contributed by atoms with Crippen LogP contribution in [0.4, 0.5) is 5.69 Å². The molecule has 0 aromatic heterocycles. The molecule has 7 heteroatoms. The van der Waals surface area contributed by atoms with Gasteiger partial charge in [0, 0.05) is 32.9 Å². The zero-order valence-electron chi connectivity index (χ0n) is 14.3. The number of rotatable bonds is 8. The Morgan fingerprint density at radius 1 is 1.08 bits per heavy atom. The fourth-order valence-electron chi connectivity index (χ4n) is 2.23. The molecule has 2 rings (SSSR count). The molecule has 1 amide bonds. The Morgan fingerprint density at radius 2 is 1.72 bits per heavy atom. The van der Waals surface area contributed by atoms with Crippen molar-refractivity contribution in [2.24, 2.45) is 0 Å². The van der Waals surface area contributed by atoms with E-state index in [1.807, 2.05) is 0 Å². The van der Waals surface area contributed by atoms with E-state index >= 15 is 0 Å². The first-order chi connectivity index (χ1) is 12.0. The van der Waals surface area contributed by atoms with E-state index in [1.165, 1.54) is 11.4 Å². The standard InChI is InChI=1S/C18H22N2O4S/c1-20(25(22,23)17-7-4-3-5-8-17)16-11-9-15(10-12-16)18(21)19-13-6-14-24-2/h3-5,7-12H,6,13-14H2,1-2H3,(H,19,21). The molecule has 0 aliphatic rings. The summed E-state index contributed by atoms with van der Waals surface area (Å²) >= 11 is 0. The first-order valence-electron chi connectivity index (χ1n) is 7.88. The Morgan fingerprint density at radius 3 is 2.32 bits per heavy atom. The topological polar surface area (TPSA) is 75.7 Å². The first-order valence-corrected chi connectivity index (χ1v) is 9.32. The quantitative estimate of drug-likeness (QED) is 0.731. The summed E-state index contributed by atoms with van der Waals surface area (Å²) in [6.45, 7) is 1.11. The number of methoxy groups -OCH3 is 1. The summed E-state index contributed by atoms with van der Waals surface area (Å²) in [6.07, 6.45) is 0.735. The monoisotopic (exact) mass is 362 g/mol. The fraction of sp³-hybridized carbons (Fsp3) is 0.278. The van der Waals surface area contributed by atoms with Gasteiger partial charge in [-0.3, -0.25) is 9.10 Å². The Kier molecular flexibility index (Phi) is 6.55. The van der Waals surface area contributed by atoms with Crippen molar-refractivity contribution in [3.8, 4) is 0 Å². The Hall–Kier alpha value is -2.38. The van der Waals surface area contributed by atoms with Crippen LogP contribution in [0.15, 0.2) is 59.5 Å². The molecule has 0 radical (unpaired) electrons. The summed E-state index contributed by atoms with van der Waals surface area (Å²) in [7, 11) is -0.527. The molecule has 25 heavy (non-hydrogen) atoms. The van der Waals surface area contributed by atoms with E-state index in [9.17, 15) is 13.2 Å². The highest BCUT2D eigenvalue weighted by molar-refractivity contribution is 7.92. The smallest absolute Gasteiger partial charge is 0.264 e. The van der Waals surface area contributed by atoms with Gasteiger partial charge in [-0.15, -0.1) is 0 Å². The number of ether oxygens (including phenoxy) is 1. The van der Waals surface area contributed by atoms with Crippen LogP contribution in [0.1, 0.15) is 16.8 Å². The van der Waals surface area contributed by atoms with E-state index in [0.717, 1.165) is 6.42 Å². The van der Waals surface area contributed by atoms with Crippen LogP contribution in [0, 0.1) is 0 Å². The second-order valence-electron chi connectivity index (χ2n) is 5.43. The van der Waals surface area contributed by atoms with Crippen LogP contribution < -0.4 is 9.62 Å². The zero-order chi connectivity index (χ0) is 18.3. The van der Waals surface area contributed by atoms with Gasteiger partial charge in [0.15, 0.2) is 0 Å². The number of carbonyl (C=O) groups is 1. The number of nitrogens with zero attached hydrogens (tertiary/aromatic N) is 1. The Labute approximate surface area is 148 Å². The SMILES string of the molecule is COCCCNC(=O)c1ccc(N(C)S(=O)(=O)c2ccccc2)cc1. The fourth-order valence-corrected chi connectivity index (χ4v) is 3.45. The predicted octanol–water partition coefficient (Wildman–Crippen LogP) is 2.28. The molecule has 2 aromatic rings. The summed E-state index contributed by atoms with van der Waals surface area (Å²) in [4.78, 5) is 12.2. The summed E-state index contributed by atoms with van der Waals surface area (Å²) < 4.78 is 31.3. The molecular formula is C18H22N2O4S. The number of amides is 1. The van der Waals surface area contributed by atoms with E-state index in [0.29, 0.717) is 24.4 Å². The molecule has 0 saturated heterocycles. The van der Waals surface area contributed by atoms with Gasteiger partial charge in [-0.25, -0.2) is 8.42 Å². The van der Waals surface area contributed by atoms with Gasteiger partial charge in [-0.05, 0) is 42.8 Å². The van der Waals surface area contributed by atoms with Gasteiger partial charge < -0.3 is 10.1 Å². The van der Waals surface area contributed by atoms with Crippen molar-refractivity contribution >= 4 is 21.6 Å². The maximum atomic E-state index is 12.6. The molecule has 0 saturated carbocycles. The number of carbonyl (C=O) groups excluding carboxylic acids is 1. The highest BCUT2D eigenvalue weighted by Crippen LogP contribution is 2.22. The minimum Gasteiger partial charge on any atom is -0.385 e. The number of sulfonamides is 1. The second kappa shape index (κ2) is 8.64. The summed E-state index contributed by atoms with van der Waals surface area (Å²) in [5.74, 6) is -0.198. The second-order valence-corrected chi connectivity index (χ2v) is 7.40. The van der Waals surface area contributed by atoms with Gasteiger partial charge in [0.05, 0.1) is 10.6 Å². The maximum absolute atomic E-state index is 12.6. The molecule has 0 bridgehead atoms. The van der Waals surface area contributed by atoms with Gasteiger partial charge in [0.2, 0.25) is 0 Å². The average Bonchev–Trinajstić information content (AvgIpc) is 2.65. The van der Waals surface area contributed by atoms with Crippen LogP contribution in [0.25, 0.3) is 0 Å². The number of benzene rings is 2. The van der Waals surface area contributed by atoms with E-state index in [-0.39, 0.29) is 10.8 Å². The Balaban J connectivity index is 2.07. The lowest BCUT2D eigenvalue weighted by atomic mass is 10.2. The van der Waals surface area contributed by atoms with E-state index in [4.69, 9.17) is 4.74 Å². The van der Waals surface area contributed by atoms with Crippen molar-refractivity contribution < 1.29 is 17.9 Å². The number of anilines is 1. The average molecular weight is 362 g/mol. The molecule has 0 aliphatic carbocycles. The minimum atomic E-state index is -3.63.